The topological polar surface area (TPSA) is 89.5 Å². The van der Waals surface area contributed by atoms with Crippen molar-refractivity contribution in [1.82, 2.24) is 5.32 Å². The van der Waals surface area contributed by atoms with Crippen LogP contribution in [0.3, 0.4) is 0 Å². The number of nitrogens with one attached hydrogen (secondary N) is 1. The first-order valence-electron chi connectivity index (χ1n) is 10.1. The first-order chi connectivity index (χ1) is 15.0. The van der Waals surface area contributed by atoms with Gasteiger partial charge in [-0.25, -0.2) is 0 Å². The zero-order valence-electron chi connectivity index (χ0n) is 17.0. The van der Waals surface area contributed by atoms with Gasteiger partial charge in [0.15, 0.2) is 18.2 Å². The van der Waals surface area contributed by atoms with Crippen LogP contribution in [0.15, 0.2) is 72.8 Å². The fraction of sp³-hybridized carbons (Fsp3) is 0.200. The molecule has 0 heterocycles. The number of carbonyl (C=O) groups is 4. The molecule has 0 aromatic heterocycles. The zero-order chi connectivity index (χ0) is 22.1. The van der Waals surface area contributed by atoms with Crippen molar-refractivity contribution in [2.24, 2.45) is 0 Å². The number of carbonyl (C=O) groups excluding carboxylic acids is 4. The number of fused-ring (bicyclic) bond motifs is 1. The number of benzene rings is 3. The van der Waals surface area contributed by atoms with E-state index < -0.39 is 5.97 Å². The second-order valence-corrected chi connectivity index (χ2v) is 7.03. The number of hydrogen-bond donors (Lipinski definition) is 1. The van der Waals surface area contributed by atoms with E-state index in [9.17, 15) is 19.2 Å². The third kappa shape index (κ3) is 6.60. The van der Waals surface area contributed by atoms with Gasteiger partial charge in [-0.2, -0.15) is 0 Å². The highest BCUT2D eigenvalue weighted by atomic mass is 16.5. The van der Waals surface area contributed by atoms with Gasteiger partial charge in [0, 0.05) is 30.5 Å². The van der Waals surface area contributed by atoms with Gasteiger partial charge in [-0.15, -0.1) is 0 Å². The van der Waals surface area contributed by atoms with Crippen molar-refractivity contribution in [3.05, 3.63) is 83.9 Å². The van der Waals surface area contributed by atoms with Gasteiger partial charge in [0.2, 0.25) is 5.91 Å². The molecule has 0 aliphatic carbocycles. The lowest BCUT2D eigenvalue weighted by molar-refractivity contribution is -0.142. The molecule has 0 bridgehead atoms. The van der Waals surface area contributed by atoms with Gasteiger partial charge < -0.3 is 10.1 Å². The predicted molar refractivity (Wildman–Crippen MR) is 117 cm³/mol. The summed E-state index contributed by atoms with van der Waals surface area (Å²) in [6.45, 7) is -0.266. The molecule has 0 aliphatic rings. The van der Waals surface area contributed by atoms with E-state index in [-0.39, 0.29) is 49.9 Å². The molecular weight excluding hydrogens is 394 g/mol. The maximum Gasteiger partial charge on any atom is 0.308 e. The van der Waals surface area contributed by atoms with Crippen LogP contribution < -0.4 is 5.32 Å². The Kier molecular flexibility index (Phi) is 7.65. The van der Waals surface area contributed by atoms with Crippen LogP contribution in [-0.4, -0.2) is 36.6 Å². The Labute approximate surface area is 180 Å². The molecule has 0 saturated carbocycles. The van der Waals surface area contributed by atoms with E-state index >= 15 is 0 Å². The van der Waals surface area contributed by atoms with Gasteiger partial charge in [0.25, 0.3) is 0 Å². The lowest BCUT2D eigenvalue weighted by Crippen LogP contribution is -2.27. The molecule has 0 aliphatic heterocycles. The molecule has 1 N–H and O–H groups in total. The van der Waals surface area contributed by atoms with Crippen LogP contribution >= 0.6 is 0 Å². The van der Waals surface area contributed by atoms with Crippen LogP contribution in [-0.2, 0) is 14.3 Å². The van der Waals surface area contributed by atoms with E-state index in [1.807, 2.05) is 36.4 Å². The molecule has 6 heteroatoms. The van der Waals surface area contributed by atoms with Crippen molar-refractivity contribution in [2.75, 3.05) is 13.2 Å². The van der Waals surface area contributed by atoms with E-state index in [2.05, 4.69) is 5.32 Å². The number of ether oxygens (including phenoxy) is 1. The van der Waals surface area contributed by atoms with E-state index in [1.54, 1.807) is 36.4 Å². The monoisotopic (exact) mass is 417 g/mol. The van der Waals surface area contributed by atoms with Crippen LogP contribution in [0.25, 0.3) is 10.8 Å². The maximum atomic E-state index is 12.3. The summed E-state index contributed by atoms with van der Waals surface area (Å²) in [4.78, 5) is 47.9. The minimum atomic E-state index is -0.574. The van der Waals surface area contributed by atoms with Gasteiger partial charge in [-0.3, -0.25) is 19.2 Å². The zero-order valence-corrected chi connectivity index (χ0v) is 17.0. The SMILES string of the molecule is O=C(CCC(=O)c1ccccc1)NCCC(=O)OCC(=O)c1ccc2ccccc2c1. The van der Waals surface area contributed by atoms with Crippen molar-refractivity contribution < 1.29 is 23.9 Å². The summed E-state index contributed by atoms with van der Waals surface area (Å²) in [6.07, 6.45) is 0.0904. The number of esters is 1. The summed E-state index contributed by atoms with van der Waals surface area (Å²) in [5.41, 5.74) is 1.04. The summed E-state index contributed by atoms with van der Waals surface area (Å²) < 4.78 is 5.01. The quantitative estimate of drug-likeness (QED) is 0.401. The predicted octanol–water partition coefficient (Wildman–Crippen LogP) is 3.74. The minimum Gasteiger partial charge on any atom is -0.457 e. The molecule has 0 radical (unpaired) electrons. The van der Waals surface area contributed by atoms with Crippen LogP contribution in [0, 0.1) is 0 Å². The fourth-order valence-corrected chi connectivity index (χ4v) is 3.05. The van der Waals surface area contributed by atoms with Crippen molar-refractivity contribution in [3.8, 4) is 0 Å². The van der Waals surface area contributed by atoms with E-state index in [0.29, 0.717) is 11.1 Å². The third-order valence-electron chi connectivity index (χ3n) is 4.76. The summed E-state index contributed by atoms with van der Waals surface area (Å²) >= 11 is 0. The molecule has 3 rings (SSSR count). The number of Topliss-reactive ketones (excluding diaryl/α,β-unsaturated/α-hetero) is 2. The first kappa shape index (κ1) is 21.9. The highest BCUT2D eigenvalue weighted by molar-refractivity contribution is 6.01. The Morgan fingerprint density at radius 3 is 2.16 bits per heavy atom. The van der Waals surface area contributed by atoms with Gasteiger partial charge in [-0.05, 0) is 16.8 Å². The van der Waals surface area contributed by atoms with Crippen molar-refractivity contribution >= 4 is 34.2 Å². The average Bonchev–Trinajstić information content (AvgIpc) is 2.81. The van der Waals surface area contributed by atoms with Crippen LogP contribution in [0.1, 0.15) is 40.0 Å². The van der Waals surface area contributed by atoms with Crippen LogP contribution in [0.2, 0.25) is 0 Å². The van der Waals surface area contributed by atoms with Gasteiger partial charge >= 0.3 is 5.97 Å². The average molecular weight is 417 g/mol. The third-order valence-corrected chi connectivity index (χ3v) is 4.76. The molecule has 3 aromatic rings. The normalized spacial score (nSPS) is 10.5. The second kappa shape index (κ2) is 10.8. The Balaban J connectivity index is 1.34. The van der Waals surface area contributed by atoms with E-state index in [4.69, 9.17) is 4.74 Å². The Morgan fingerprint density at radius 1 is 0.677 bits per heavy atom. The number of amides is 1. The van der Waals surface area contributed by atoms with Gasteiger partial charge in [0.1, 0.15) is 0 Å². The standard InChI is InChI=1S/C25H23NO5/c27-22(19-7-2-1-3-8-19)12-13-24(29)26-15-14-25(30)31-17-23(28)21-11-10-18-6-4-5-9-20(18)16-21/h1-11,16H,12-15,17H2,(H,26,29). The Morgan fingerprint density at radius 2 is 1.39 bits per heavy atom. The Hall–Kier alpha value is -3.80. The lowest BCUT2D eigenvalue weighted by atomic mass is 10.0. The number of hydrogen-bond acceptors (Lipinski definition) is 5. The fourth-order valence-electron chi connectivity index (χ4n) is 3.05. The molecule has 0 saturated heterocycles. The molecule has 0 spiro atoms. The second-order valence-electron chi connectivity index (χ2n) is 7.03. The highest BCUT2D eigenvalue weighted by Gasteiger charge is 2.12. The summed E-state index contributed by atoms with van der Waals surface area (Å²) in [5.74, 6) is -1.29. The van der Waals surface area contributed by atoms with Gasteiger partial charge in [0.05, 0.1) is 6.42 Å². The smallest absolute Gasteiger partial charge is 0.308 e. The summed E-state index contributed by atoms with van der Waals surface area (Å²) in [6, 6.07) is 21.8. The lowest BCUT2D eigenvalue weighted by Gasteiger charge is -2.07. The number of ketones is 2. The molecule has 0 atom stereocenters. The van der Waals surface area contributed by atoms with Crippen molar-refractivity contribution in [3.63, 3.8) is 0 Å². The molecule has 1 amide bonds. The summed E-state index contributed by atoms with van der Waals surface area (Å²) in [7, 11) is 0. The minimum absolute atomic E-state index is 0.0449. The maximum absolute atomic E-state index is 12.3. The molecule has 0 unspecified atom stereocenters. The molecule has 31 heavy (non-hydrogen) atoms. The van der Waals surface area contributed by atoms with Crippen molar-refractivity contribution in [2.45, 2.75) is 19.3 Å². The number of rotatable bonds is 10. The molecule has 3 aromatic carbocycles. The molecule has 0 fully saturated rings. The molecular formula is C25H23NO5. The first-order valence-corrected chi connectivity index (χ1v) is 10.1. The van der Waals surface area contributed by atoms with E-state index in [1.165, 1.54) is 0 Å². The largest absolute Gasteiger partial charge is 0.457 e. The summed E-state index contributed by atoms with van der Waals surface area (Å²) in [5, 5.41) is 4.55. The highest BCUT2D eigenvalue weighted by Crippen LogP contribution is 2.16. The molecule has 158 valence electrons. The van der Waals surface area contributed by atoms with E-state index in [0.717, 1.165) is 10.8 Å². The Bertz CT molecular complexity index is 1090. The molecule has 6 nitrogen and oxygen atoms in total. The van der Waals surface area contributed by atoms with Crippen molar-refractivity contribution in [1.29, 1.82) is 0 Å². The van der Waals surface area contributed by atoms with Crippen LogP contribution in [0.4, 0.5) is 0 Å². The van der Waals surface area contributed by atoms with Gasteiger partial charge in [-0.1, -0.05) is 66.7 Å². The van der Waals surface area contributed by atoms with Crippen LogP contribution in [0.5, 0.6) is 0 Å².